The third-order valence-corrected chi connectivity index (χ3v) is 5.65. The van der Waals surface area contributed by atoms with Crippen LogP contribution in [-0.4, -0.2) is 33.1 Å². The molecular weight excluding hydrogens is 385 g/mol. The summed E-state index contributed by atoms with van der Waals surface area (Å²) in [6, 6.07) is 0. The molecule has 1 radical (unpaired) electrons. The van der Waals surface area contributed by atoms with E-state index in [4.69, 9.17) is 0 Å². The smallest absolute Gasteiger partial charge is 0.155 e. The summed E-state index contributed by atoms with van der Waals surface area (Å²) in [6.07, 6.45) is 3.69. The van der Waals surface area contributed by atoms with Gasteiger partial charge < -0.3 is 5.92 Å². The third kappa shape index (κ3) is 21.0. The standard InChI is InChI=1S/C9H19O4S2.C4H9.CH4.Y/c1-9(2,3)15(12,13)8-6-5-7-14(4,10)11;1-4(2)3;;/h4-8H2,1-3H3;1-3H3;1H4;/q2*-1;;. The average molecular weight is 417 g/mol. The van der Waals surface area contributed by atoms with Gasteiger partial charge in [-0.2, -0.15) is 20.8 Å². The molecule has 0 saturated heterocycles. The van der Waals surface area contributed by atoms with Gasteiger partial charge in [0.15, 0.2) is 9.84 Å². The normalized spacial score (nSPS) is 11.8. The fraction of sp³-hybridized carbons (Fsp3) is 0.857. The maximum absolute atomic E-state index is 11.6. The molecule has 0 aliphatic rings. The fourth-order valence-corrected chi connectivity index (χ4v) is 2.76. The molecule has 4 nitrogen and oxygen atoms in total. The van der Waals surface area contributed by atoms with Crippen molar-refractivity contribution in [3.8, 4) is 0 Å². The Hall–Kier alpha value is 1.00. The molecule has 0 amide bonds. The summed E-state index contributed by atoms with van der Waals surface area (Å²) in [5.41, 5.74) is 0. The van der Waals surface area contributed by atoms with E-state index in [0.29, 0.717) is 12.8 Å². The quantitative estimate of drug-likeness (QED) is 0.508. The number of hydrogen-bond acceptors (Lipinski definition) is 4. The van der Waals surface area contributed by atoms with Crippen molar-refractivity contribution in [2.24, 2.45) is 0 Å². The van der Waals surface area contributed by atoms with Gasteiger partial charge in [-0.15, -0.1) is 0 Å². The second-order valence-electron chi connectivity index (χ2n) is 6.09. The van der Waals surface area contributed by atoms with E-state index >= 15 is 0 Å². The first-order valence-electron chi connectivity index (χ1n) is 6.24. The van der Waals surface area contributed by atoms with E-state index < -0.39 is 24.4 Å². The largest absolute Gasteiger partial charge is 0.323 e. The van der Waals surface area contributed by atoms with Crippen LogP contribution in [0.3, 0.4) is 0 Å². The van der Waals surface area contributed by atoms with Crippen LogP contribution in [0.1, 0.15) is 61.8 Å². The number of rotatable bonds is 5. The second kappa shape index (κ2) is 12.4. The van der Waals surface area contributed by atoms with E-state index in [0.717, 1.165) is 0 Å². The minimum atomic E-state index is -3.22. The Morgan fingerprint density at radius 3 is 1.43 bits per heavy atom. The molecule has 0 aromatic heterocycles. The monoisotopic (exact) mass is 417 g/mol. The molecule has 21 heavy (non-hydrogen) atoms. The van der Waals surface area contributed by atoms with Crippen LogP contribution >= 0.6 is 0 Å². The zero-order valence-corrected chi connectivity index (χ0v) is 18.0. The number of sulfone groups is 2. The Morgan fingerprint density at radius 2 is 1.19 bits per heavy atom. The number of unbranched alkanes of at least 4 members (excludes halogenated alkanes) is 1. The maximum atomic E-state index is 11.6. The molecule has 0 aliphatic carbocycles. The van der Waals surface area contributed by atoms with Crippen LogP contribution in [0.2, 0.25) is 0 Å². The second-order valence-corrected chi connectivity index (χ2v) is 10.8. The first kappa shape index (κ1) is 29.9. The van der Waals surface area contributed by atoms with E-state index in [2.05, 4.69) is 27.0 Å². The zero-order chi connectivity index (χ0) is 15.9. The van der Waals surface area contributed by atoms with E-state index in [1.165, 1.54) is 5.92 Å². The predicted molar refractivity (Wildman–Crippen MR) is 88.9 cm³/mol. The van der Waals surface area contributed by atoms with Gasteiger partial charge in [-0.1, -0.05) is 7.43 Å². The van der Waals surface area contributed by atoms with Crippen molar-refractivity contribution in [3.05, 3.63) is 12.2 Å². The van der Waals surface area contributed by atoms with Gasteiger partial charge in [-0.05, 0) is 33.6 Å². The summed E-state index contributed by atoms with van der Waals surface area (Å²) in [5, 5.41) is 0. The van der Waals surface area contributed by atoms with E-state index in [1.54, 1.807) is 20.8 Å². The summed E-state index contributed by atoms with van der Waals surface area (Å²) in [6.45, 7) is 11.2. The van der Waals surface area contributed by atoms with Gasteiger partial charge in [-0.3, -0.25) is 8.42 Å². The molecule has 0 rings (SSSR count). The minimum absolute atomic E-state index is 0. The zero-order valence-electron chi connectivity index (χ0n) is 13.6. The summed E-state index contributed by atoms with van der Waals surface area (Å²) in [7, 11) is -6.35. The molecule has 0 spiro atoms. The molecule has 0 N–H and O–H groups in total. The molecule has 0 fully saturated rings. The molecule has 129 valence electrons. The van der Waals surface area contributed by atoms with Crippen LogP contribution in [0, 0.1) is 12.2 Å². The first-order chi connectivity index (χ1) is 8.19. The Morgan fingerprint density at radius 1 is 0.905 bits per heavy atom. The maximum Gasteiger partial charge on any atom is 0.155 e. The van der Waals surface area contributed by atoms with Crippen LogP contribution in [0.4, 0.5) is 0 Å². The van der Waals surface area contributed by atoms with Gasteiger partial charge >= 0.3 is 0 Å². The molecule has 0 aromatic carbocycles. The van der Waals surface area contributed by atoms with Gasteiger partial charge in [0, 0.05) is 48.3 Å². The van der Waals surface area contributed by atoms with Crippen molar-refractivity contribution >= 4 is 19.7 Å². The van der Waals surface area contributed by atoms with E-state index in [9.17, 15) is 16.8 Å². The van der Waals surface area contributed by atoms with Crippen molar-refractivity contribution in [3.63, 3.8) is 0 Å². The van der Waals surface area contributed by atoms with Crippen LogP contribution in [0.5, 0.6) is 0 Å². The minimum Gasteiger partial charge on any atom is -0.323 e. The molecule has 0 saturated carbocycles. The Labute approximate surface area is 158 Å². The fourth-order valence-electron chi connectivity index (χ4n) is 0.920. The van der Waals surface area contributed by atoms with Gasteiger partial charge in [0.1, 0.15) is 0 Å². The Bertz CT molecular complexity index is 429. The van der Waals surface area contributed by atoms with Gasteiger partial charge in [0.2, 0.25) is 0 Å². The first-order valence-corrected chi connectivity index (χ1v) is 9.71. The molecule has 0 unspecified atom stereocenters. The predicted octanol–water partition coefficient (Wildman–Crippen LogP) is 3.44. The van der Waals surface area contributed by atoms with Crippen LogP contribution in [0.15, 0.2) is 0 Å². The molecule has 0 aromatic rings. The number of hydrogen-bond donors (Lipinski definition) is 0. The Kier molecular flexibility index (Phi) is 17.7. The Balaban J connectivity index is -0.000000213. The molecule has 0 bridgehead atoms. The van der Waals surface area contributed by atoms with Gasteiger partial charge in [0.25, 0.3) is 0 Å². The molecule has 7 heteroatoms. The molecular formula is C14H32O4S2Y-2. The summed E-state index contributed by atoms with van der Waals surface area (Å²) >= 11 is 0. The van der Waals surface area contributed by atoms with E-state index in [-0.39, 0.29) is 51.6 Å². The summed E-state index contributed by atoms with van der Waals surface area (Å²) in [5.74, 6) is 1.40. The average Bonchev–Trinajstić information content (AvgIpc) is 2.08. The molecule has 0 aliphatic heterocycles. The SMILES string of the molecule is C.C[C-](C)C.[CH2-]S(=O)(=O)CCCCS(=O)(=O)C(C)(C)C.[Y]. The summed E-state index contributed by atoms with van der Waals surface area (Å²) < 4.78 is 43.8. The molecule has 0 atom stereocenters. The van der Waals surface area contributed by atoms with Gasteiger partial charge in [0.05, 0.1) is 10.5 Å². The van der Waals surface area contributed by atoms with Crippen molar-refractivity contribution in [1.29, 1.82) is 0 Å². The third-order valence-electron chi connectivity index (χ3n) is 2.05. The van der Waals surface area contributed by atoms with E-state index in [1.807, 2.05) is 0 Å². The molecule has 0 heterocycles. The van der Waals surface area contributed by atoms with Crippen LogP contribution < -0.4 is 0 Å². The van der Waals surface area contributed by atoms with Crippen molar-refractivity contribution in [2.75, 3.05) is 11.5 Å². The van der Waals surface area contributed by atoms with Crippen molar-refractivity contribution in [1.82, 2.24) is 0 Å². The van der Waals surface area contributed by atoms with Crippen molar-refractivity contribution in [2.45, 2.75) is 66.6 Å². The van der Waals surface area contributed by atoms with Crippen molar-refractivity contribution < 1.29 is 49.5 Å². The summed E-state index contributed by atoms with van der Waals surface area (Å²) in [4.78, 5) is 0. The van der Waals surface area contributed by atoms with Gasteiger partial charge in [-0.25, -0.2) is 14.7 Å². The van der Waals surface area contributed by atoms with Crippen LogP contribution in [0.25, 0.3) is 0 Å². The van der Waals surface area contributed by atoms with Crippen LogP contribution in [-0.2, 0) is 52.4 Å². The topological polar surface area (TPSA) is 68.3 Å².